The van der Waals surface area contributed by atoms with Crippen molar-refractivity contribution in [3.8, 4) is 0 Å². The van der Waals surface area contributed by atoms with Crippen LogP contribution in [0.4, 0.5) is 5.82 Å². The first kappa shape index (κ1) is 14.5. The molecule has 2 aromatic heterocycles. The second kappa shape index (κ2) is 5.81. The summed E-state index contributed by atoms with van der Waals surface area (Å²) in [6.07, 6.45) is 1.74. The SMILES string of the molecule is CN(Cc1cccc2ccccc12)c1cc(=O)n2ccccc2n1. The minimum Gasteiger partial charge on any atom is -0.355 e. The van der Waals surface area contributed by atoms with E-state index in [1.165, 1.54) is 16.3 Å². The molecule has 0 spiro atoms. The summed E-state index contributed by atoms with van der Waals surface area (Å²) in [4.78, 5) is 18.9. The molecule has 2 heterocycles. The topological polar surface area (TPSA) is 37.6 Å². The van der Waals surface area contributed by atoms with Crippen LogP contribution in [0.25, 0.3) is 16.4 Å². The molecule has 0 saturated heterocycles. The van der Waals surface area contributed by atoms with Crippen molar-refractivity contribution in [1.82, 2.24) is 9.38 Å². The number of hydrogen-bond acceptors (Lipinski definition) is 3. The van der Waals surface area contributed by atoms with Crippen molar-refractivity contribution in [2.75, 3.05) is 11.9 Å². The molecule has 4 aromatic rings. The maximum absolute atomic E-state index is 12.3. The first-order chi connectivity index (χ1) is 11.7. The lowest BCUT2D eigenvalue weighted by Crippen LogP contribution is -2.22. The van der Waals surface area contributed by atoms with Gasteiger partial charge in [0.15, 0.2) is 0 Å². The summed E-state index contributed by atoms with van der Waals surface area (Å²) < 4.78 is 1.55. The molecule has 0 aliphatic rings. The summed E-state index contributed by atoms with van der Waals surface area (Å²) in [5.41, 5.74) is 1.80. The van der Waals surface area contributed by atoms with Gasteiger partial charge in [0.05, 0.1) is 0 Å². The normalized spacial score (nSPS) is 11.0. The second-order valence-electron chi connectivity index (χ2n) is 5.88. The lowest BCUT2D eigenvalue weighted by molar-refractivity contribution is 0.892. The van der Waals surface area contributed by atoms with Crippen LogP contribution in [0.5, 0.6) is 0 Å². The number of anilines is 1. The minimum absolute atomic E-state index is 0.0691. The molecule has 0 saturated carbocycles. The van der Waals surface area contributed by atoms with Gasteiger partial charge in [-0.1, -0.05) is 48.5 Å². The monoisotopic (exact) mass is 315 g/mol. The van der Waals surface area contributed by atoms with Gasteiger partial charge in [-0.15, -0.1) is 0 Å². The highest BCUT2D eigenvalue weighted by Crippen LogP contribution is 2.21. The molecule has 0 N–H and O–H groups in total. The molecule has 0 atom stereocenters. The maximum Gasteiger partial charge on any atom is 0.259 e. The molecule has 0 fully saturated rings. The highest BCUT2D eigenvalue weighted by atomic mass is 16.1. The molecule has 24 heavy (non-hydrogen) atoms. The number of benzene rings is 2. The summed E-state index contributed by atoms with van der Waals surface area (Å²) in [6.45, 7) is 0.691. The van der Waals surface area contributed by atoms with E-state index < -0.39 is 0 Å². The van der Waals surface area contributed by atoms with Crippen LogP contribution in [0.15, 0.2) is 77.7 Å². The molecule has 0 unspecified atom stereocenters. The van der Waals surface area contributed by atoms with Gasteiger partial charge in [-0.25, -0.2) is 4.98 Å². The first-order valence-electron chi connectivity index (χ1n) is 7.88. The molecule has 0 aliphatic heterocycles. The van der Waals surface area contributed by atoms with Crippen molar-refractivity contribution >= 4 is 22.2 Å². The number of hydrogen-bond donors (Lipinski definition) is 0. The van der Waals surface area contributed by atoms with Crippen molar-refractivity contribution in [3.63, 3.8) is 0 Å². The van der Waals surface area contributed by atoms with Gasteiger partial charge in [-0.3, -0.25) is 9.20 Å². The van der Waals surface area contributed by atoms with Crippen LogP contribution in [0.2, 0.25) is 0 Å². The quantitative estimate of drug-likeness (QED) is 0.581. The van der Waals surface area contributed by atoms with Crippen LogP contribution in [-0.2, 0) is 6.54 Å². The fraction of sp³-hybridized carbons (Fsp3) is 0.100. The van der Waals surface area contributed by atoms with Crippen molar-refractivity contribution in [2.24, 2.45) is 0 Å². The van der Waals surface area contributed by atoms with E-state index in [0.29, 0.717) is 18.0 Å². The van der Waals surface area contributed by atoms with Crippen LogP contribution in [0, 0.1) is 0 Å². The van der Waals surface area contributed by atoms with E-state index in [4.69, 9.17) is 0 Å². The van der Waals surface area contributed by atoms with Crippen LogP contribution in [-0.4, -0.2) is 16.4 Å². The fourth-order valence-electron chi connectivity index (χ4n) is 3.00. The van der Waals surface area contributed by atoms with Gasteiger partial charge in [0.25, 0.3) is 5.56 Å². The first-order valence-corrected chi connectivity index (χ1v) is 7.88. The van der Waals surface area contributed by atoms with Gasteiger partial charge < -0.3 is 4.90 Å². The average Bonchev–Trinajstić information content (AvgIpc) is 2.62. The zero-order valence-corrected chi connectivity index (χ0v) is 13.4. The molecule has 0 radical (unpaired) electrons. The van der Waals surface area contributed by atoms with Crippen molar-refractivity contribution in [3.05, 3.63) is 88.8 Å². The van der Waals surface area contributed by atoms with Crippen LogP contribution in [0.1, 0.15) is 5.56 Å². The van der Waals surface area contributed by atoms with Gasteiger partial charge in [-0.2, -0.15) is 0 Å². The van der Waals surface area contributed by atoms with E-state index in [9.17, 15) is 4.79 Å². The highest BCUT2D eigenvalue weighted by molar-refractivity contribution is 5.85. The zero-order chi connectivity index (χ0) is 16.5. The smallest absolute Gasteiger partial charge is 0.259 e. The summed E-state index contributed by atoms with van der Waals surface area (Å²) in [5, 5.41) is 2.44. The second-order valence-corrected chi connectivity index (χ2v) is 5.88. The maximum atomic E-state index is 12.3. The Bertz CT molecular complexity index is 1080. The van der Waals surface area contributed by atoms with Crippen LogP contribution >= 0.6 is 0 Å². The lowest BCUT2D eigenvalue weighted by Gasteiger charge is -2.19. The van der Waals surface area contributed by atoms with E-state index >= 15 is 0 Å². The summed E-state index contributed by atoms with van der Waals surface area (Å²) in [7, 11) is 1.96. The van der Waals surface area contributed by atoms with Crippen molar-refractivity contribution in [2.45, 2.75) is 6.54 Å². The molecule has 2 aromatic carbocycles. The summed E-state index contributed by atoms with van der Waals surface area (Å²) in [6, 6.07) is 21.8. The van der Waals surface area contributed by atoms with E-state index in [1.807, 2.05) is 42.3 Å². The zero-order valence-electron chi connectivity index (χ0n) is 13.4. The van der Waals surface area contributed by atoms with E-state index in [-0.39, 0.29) is 5.56 Å². The van der Waals surface area contributed by atoms with Crippen LogP contribution < -0.4 is 10.5 Å². The Morgan fingerprint density at radius 2 is 1.79 bits per heavy atom. The molecule has 0 bridgehead atoms. The molecule has 118 valence electrons. The van der Waals surface area contributed by atoms with Gasteiger partial charge in [0, 0.05) is 25.9 Å². The largest absolute Gasteiger partial charge is 0.355 e. The molecule has 0 aliphatic carbocycles. The third kappa shape index (κ3) is 2.52. The van der Waals surface area contributed by atoms with Crippen molar-refractivity contribution in [1.29, 1.82) is 0 Å². The van der Waals surface area contributed by atoms with Crippen LogP contribution in [0.3, 0.4) is 0 Å². The Balaban J connectivity index is 1.74. The number of nitrogens with zero attached hydrogens (tertiary/aromatic N) is 3. The third-order valence-electron chi connectivity index (χ3n) is 4.24. The Kier molecular flexibility index (Phi) is 3.50. The number of fused-ring (bicyclic) bond motifs is 2. The standard InChI is InChI=1S/C20H17N3O/c1-22(14-16-9-6-8-15-7-2-3-10-17(15)16)19-13-20(24)23-12-5-4-11-18(23)21-19/h2-13H,14H2,1H3. The van der Waals surface area contributed by atoms with Gasteiger partial charge in [0.2, 0.25) is 0 Å². The number of aromatic nitrogens is 2. The van der Waals surface area contributed by atoms with E-state index in [1.54, 1.807) is 16.7 Å². The average molecular weight is 315 g/mol. The molecule has 4 rings (SSSR count). The Morgan fingerprint density at radius 1 is 1.00 bits per heavy atom. The Morgan fingerprint density at radius 3 is 2.71 bits per heavy atom. The lowest BCUT2D eigenvalue weighted by atomic mass is 10.0. The fourth-order valence-corrected chi connectivity index (χ4v) is 3.00. The molecule has 4 heteroatoms. The molecule has 4 nitrogen and oxygen atoms in total. The molecular weight excluding hydrogens is 298 g/mol. The Hall–Kier alpha value is -3.14. The predicted molar refractivity (Wildman–Crippen MR) is 97.5 cm³/mol. The minimum atomic E-state index is -0.0691. The molecular formula is C20H17N3O. The number of pyridine rings is 1. The van der Waals surface area contributed by atoms with Gasteiger partial charge in [-0.05, 0) is 28.5 Å². The number of rotatable bonds is 3. The highest BCUT2D eigenvalue weighted by Gasteiger charge is 2.09. The van der Waals surface area contributed by atoms with E-state index in [2.05, 4.69) is 35.3 Å². The van der Waals surface area contributed by atoms with Gasteiger partial charge >= 0.3 is 0 Å². The van der Waals surface area contributed by atoms with Crippen molar-refractivity contribution < 1.29 is 0 Å². The predicted octanol–water partition coefficient (Wildman–Crippen LogP) is 3.48. The van der Waals surface area contributed by atoms with Gasteiger partial charge in [0.1, 0.15) is 11.5 Å². The van der Waals surface area contributed by atoms with E-state index in [0.717, 1.165) is 0 Å². The Labute approximate surface area is 139 Å². The molecule has 0 amide bonds. The summed E-state index contributed by atoms with van der Waals surface area (Å²) in [5.74, 6) is 0.680. The third-order valence-corrected chi connectivity index (χ3v) is 4.24. The summed E-state index contributed by atoms with van der Waals surface area (Å²) >= 11 is 0.